The number of pyridine rings is 1. The van der Waals surface area contributed by atoms with Crippen molar-refractivity contribution < 1.29 is 32.3 Å². The van der Waals surface area contributed by atoms with Crippen molar-refractivity contribution in [1.82, 2.24) is 24.0 Å². The Balaban J connectivity index is 0.918. The van der Waals surface area contributed by atoms with Crippen LogP contribution in [-0.4, -0.2) is 92.3 Å². The van der Waals surface area contributed by atoms with Gasteiger partial charge < -0.3 is 35.1 Å². The zero-order valence-electron chi connectivity index (χ0n) is 37.9. The van der Waals surface area contributed by atoms with E-state index in [1.807, 2.05) is 29.2 Å². The van der Waals surface area contributed by atoms with Crippen LogP contribution in [0.5, 0.6) is 0 Å². The Morgan fingerprint density at radius 2 is 1.78 bits per heavy atom. The molecule has 0 radical (unpaired) electrons. The number of aryl methyl sites for hydroxylation is 1. The number of halogens is 4. The zero-order valence-corrected chi connectivity index (χ0v) is 37.9. The topological polar surface area (TPSA) is 158 Å². The summed E-state index contributed by atoms with van der Waals surface area (Å²) in [6.07, 6.45) is 4.59. The number of nitrogens with two attached hydrogens (primary N) is 1. The van der Waals surface area contributed by atoms with Gasteiger partial charge in [0.1, 0.15) is 17.3 Å². The highest BCUT2D eigenvalue weighted by atomic mass is 19.4. The average Bonchev–Trinajstić information content (AvgIpc) is 3.79. The number of anilines is 5. The van der Waals surface area contributed by atoms with Gasteiger partial charge in [0.05, 0.1) is 17.9 Å². The van der Waals surface area contributed by atoms with Crippen LogP contribution in [0.2, 0.25) is 0 Å². The number of fused-ring (bicyclic) bond motifs is 3. The van der Waals surface area contributed by atoms with E-state index < -0.39 is 35.6 Å². The Kier molecular flexibility index (Phi) is 12.0. The minimum atomic E-state index is -4.77. The van der Waals surface area contributed by atoms with E-state index in [9.17, 15) is 37.1 Å². The molecule has 1 atom stereocenters. The van der Waals surface area contributed by atoms with Crippen molar-refractivity contribution in [1.29, 1.82) is 0 Å². The van der Waals surface area contributed by atoms with Crippen molar-refractivity contribution in [2.45, 2.75) is 77.9 Å². The van der Waals surface area contributed by atoms with E-state index in [2.05, 4.69) is 45.4 Å². The van der Waals surface area contributed by atoms with E-state index in [1.165, 1.54) is 28.0 Å². The van der Waals surface area contributed by atoms with Crippen LogP contribution in [0, 0.1) is 11.2 Å². The molecule has 2 aromatic carbocycles. The number of hydrogen-bond donors (Lipinski definition) is 3. The van der Waals surface area contributed by atoms with Gasteiger partial charge in [0.15, 0.2) is 5.82 Å². The minimum absolute atomic E-state index is 0.0115. The van der Waals surface area contributed by atoms with Crippen LogP contribution in [0.15, 0.2) is 71.8 Å². The van der Waals surface area contributed by atoms with Gasteiger partial charge in [-0.25, -0.2) is 14.4 Å². The number of primary amides is 1. The van der Waals surface area contributed by atoms with Crippen molar-refractivity contribution in [3.63, 3.8) is 0 Å². The number of aliphatic hydroxyl groups excluding tert-OH is 1. The molecule has 1 aliphatic carbocycles. The summed E-state index contributed by atoms with van der Waals surface area (Å²) in [6.45, 7) is 10.3. The van der Waals surface area contributed by atoms with E-state index in [-0.39, 0.29) is 29.2 Å². The molecule has 67 heavy (non-hydrogen) atoms. The smallest absolute Gasteiger partial charge is 0.392 e. The first-order chi connectivity index (χ1) is 31.9. The lowest BCUT2D eigenvalue weighted by atomic mass is 9.90. The fraction of sp³-hybridized carbons (Fsp3) is 0.408. The van der Waals surface area contributed by atoms with Crippen molar-refractivity contribution >= 4 is 46.6 Å². The maximum absolute atomic E-state index is 14.0. The molecule has 5 aromatic rings. The summed E-state index contributed by atoms with van der Waals surface area (Å²) in [5.41, 5.74) is 10.7. The summed E-state index contributed by atoms with van der Waals surface area (Å²) in [6, 6.07) is 12.7. The number of carbonyl (C=O) groups is 2. The lowest BCUT2D eigenvalue weighted by Gasteiger charge is -2.47. The molecule has 0 spiro atoms. The highest BCUT2D eigenvalue weighted by molar-refractivity contribution is 6.06. The van der Waals surface area contributed by atoms with Gasteiger partial charge in [-0.15, -0.1) is 0 Å². The molecule has 352 valence electrons. The second kappa shape index (κ2) is 17.6. The molecule has 0 bridgehead atoms. The Hall–Kier alpha value is -6.53. The van der Waals surface area contributed by atoms with Crippen LogP contribution in [-0.2, 0) is 44.0 Å². The predicted molar refractivity (Wildman–Crippen MR) is 249 cm³/mol. The molecule has 14 nitrogen and oxygen atoms in total. The lowest BCUT2D eigenvalue weighted by Crippen LogP contribution is -2.57. The lowest BCUT2D eigenvalue weighted by molar-refractivity contribution is -0.140. The number of aliphatic hydroxyl groups is 1. The van der Waals surface area contributed by atoms with E-state index in [0.717, 1.165) is 56.6 Å². The van der Waals surface area contributed by atoms with Crippen LogP contribution in [0.4, 0.5) is 46.3 Å². The quantitative estimate of drug-likeness (QED) is 0.104. The Labute approximate surface area is 385 Å². The van der Waals surface area contributed by atoms with Crippen LogP contribution < -0.4 is 31.3 Å². The fourth-order valence-electron chi connectivity index (χ4n) is 10.5. The van der Waals surface area contributed by atoms with Gasteiger partial charge in [-0.1, -0.05) is 13.8 Å². The molecule has 2 amide bonds. The molecule has 2 saturated heterocycles. The summed E-state index contributed by atoms with van der Waals surface area (Å²) in [4.78, 5) is 57.1. The highest BCUT2D eigenvalue weighted by Gasteiger charge is 2.39. The van der Waals surface area contributed by atoms with Gasteiger partial charge >= 0.3 is 6.18 Å². The normalized spacial score (nSPS) is 19.0. The van der Waals surface area contributed by atoms with Crippen LogP contribution >= 0.6 is 0 Å². The standard InChI is InChI=1S/C49H54F4N10O4/c1-29-26-60(33-12-15-59(16-13-33)34-7-8-38(50)37(23-34)49(51,52)53)17-18-61(29)40-9-6-32(21-30(40)5-10-43(54)65)56-44-47(67)58(4)27-39(57-44)35-11-14-55-45(36(35)28-64)63-20-19-62-41(46(63)66)22-31-24-48(2,3)25-42(31)62/h5-11,14,21-23,27,29,33,64H,12-13,15-20,24-26,28H2,1-4H3,(H2,54,65)(H,56,57)/t29-/m0/s1. The summed E-state index contributed by atoms with van der Waals surface area (Å²) in [5.74, 6) is -1.76. The largest absolute Gasteiger partial charge is 0.419 e. The Bertz CT molecular complexity index is 2850. The van der Waals surface area contributed by atoms with E-state index in [4.69, 9.17) is 10.7 Å². The number of aromatic nitrogens is 4. The molecule has 3 aliphatic heterocycles. The Morgan fingerprint density at radius 1 is 1.00 bits per heavy atom. The monoisotopic (exact) mass is 922 g/mol. The van der Waals surface area contributed by atoms with E-state index in [1.54, 1.807) is 36.5 Å². The van der Waals surface area contributed by atoms with Gasteiger partial charge in [-0.05, 0) is 98.2 Å². The molecule has 3 aromatic heterocycles. The number of rotatable bonds is 10. The second-order valence-corrected chi connectivity index (χ2v) is 18.9. The van der Waals surface area contributed by atoms with Gasteiger partial charge in [0.2, 0.25) is 5.91 Å². The summed E-state index contributed by atoms with van der Waals surface area (Å²) in [5, 5.41) is 14.0. The number of piperidine rings is 1. The van der Waals surface area contributed by atoms with E-state index in [0.29, 0.717) is 78.0 Å². The fourth-order valence-corrected chi connectivity index (χ4v) is 10.5. The molecular formula is C49H54F4N10O4. The SMILES string of the molecule is C[C@H]1CN(C2CCN(c3ccc(F)c(C(F)(F)F)c3)CC2)CCN1c1ccc(Nc2nc(-c3ccnc(N4CCn5c(cc6c5CC(C)(C)C6)C4=O)c3CO)cn(C)c2=O)cc1C=CC(N)=O. The number of amides is 2. The molecule has 9 rings (SSSR count). The molecule has 4 N–H and O–H groups in total. The van der Waals surface area contributed by atoms with Gasteiger partial charge in [-0.3, -0.25) is 24.2 Å². The van der Waals surface area contributed by atoms with E-state index >= 15 is 0 Å². The number of nitrogens with zero attached hydrogens (tertiary/aromatic N) is 8. The number of piperazine rings is 1. The third-order valence-corrected chi connectivity index (χ3v) is 13.7. The first kappa shape index (κ1) is 45.6. The third-order valence-electron chi connectivity index (χ3n) is 13.7. The summed E-state index contributed by atoms with van der Waals surface area (Å²) < 4.78 is 57.7. The van der Waals surface area contributed by atoms with Crippen molar-refractivity contribution in [3.8, 4) is 11.3 Å². The van der Waals surface area contributed by atoms with Crippen molar-refractivity contribution in [2.75, 3.05) is 59.3 Å². The maximum Gasteiger partial charge on any atom is 0.419 e. The van der Waals surface area contributed by atoms with Crippen LogP contribution in [0.25, 0.3) is 17.3 Å². The minimum Gasteiger partial charge on any atom is -0.392 e. The molecule has 2 fully saturated rings. The summed E-state index contributed by atoms with van der Waals surface area (Å²) >= 11 is 0. The zero-order chi connectivity index (χ0) is 47.5. The third kappa shape index (κ3) is 8.91. The number of hydrogen-bond acceptors (Lipinski definition) is 10. The second-order valence-electron chi connectivity index (χ2n) is 18.9. The van der Waals surface area contributed by atoms with Crippen LogP contribution in [0.1, 0.15) is 72.0 Å². The van der Waals surface area contributed by atoms with Crippen LogP contribution in [0.3, 0.4) is 0 Å². The molecular weight excluding hydrogens is 869 g/mol. The van der Waals surface area contributed by atoms with Gasteiger partial charge in [-0.2, -0.15) is 13.2 Å². The Morgan fingerprint density at radius 3 is 2.49 bits per heavy atom. The molecule has 18 heteroatoms. The number of alkyl halides is 3. The molecule has 0 saturated carbocycles. The number of nitrogens with one attached hydrogen (secondary N) is 1. The first-order valence-electron chi connectivity index (χ1n) is 22.6. The first-order valence-corrected chi connectivity index (χ1v) is 22.6. The maximum atomic E-state index is 14.0. The molecule has 0 unspecified atom stereocenters. The van der Waals surface area contributed by atoms with Gasteiger partial charge in [0.25, 0.3) is 11.5 Å². The highest BCUT2D eigenvalue weighted by Crippen LogP contribution is 2.41. The van der Waals surface area contributed by atoms with Crippen molar-refractivity contribution in [3.05, 3.63) is 117 Å². The average molecular weight is 923 g/mol. The molecule has 6 heterocycles. The number of benzene rings is 2. The van der Waals surface area contributed by atoms with Crippen molar-refractivity contribution in [2.24, 2.45) is 18.2 Å². The van der Waals surface area contributed by atoms with Gasteiger partial charge in [0, 0.05) is 123 Å². The predicted octanol–water partition coefficient (Wildman–Crippen LogP) is 6.50. The number of carbonyl (C=O) groups excluding carboxylic acids is 2. The summed E-state index contributed by atoms with van der Waals surface area (Å²) in [7, 11) is 1.61. The molecule has 4 aliphatic rings.